The molecule has 17 heavy (non-hydrogen) atoms. The van der Waals surface area contributed by atoms with Crippen LogP contribution < -0.4 is 5.32 Å². The highest BCUT2D eigenvalue weighted by molar-refractivity contribution is 5.01. The van der Waals surface area contributed by atoms with Crippen LogP contribution in [0.15, 0.2) is 12.2 Å². The monoisotopic (exact) mass is 238 g/mol. The van der Waals surface area contributed by atoms with E-state index in [2.05, 4.69) is 44.6 Å². The third-order valence-corrected chi connectivity index (χ3v) is 3.54. The Morgan fingerprint density at radius 3 is 2.35 bits per heavy atom. The van der Waals surface area contributed by atoms with Gasteiger partial charge in [-0.25, -0.2) is 0 Å². The number of likely N-dealkylation sites (N-methyl/N-ethyl adjacent to an activating group) is 1. The van der Waals surface area contributed by atoms with Crippen molar-refractivity contribution in [1.29, 1.82) is 0 Å². The van der Waals surface area contributed by atoms with E-state index in [4.69, 9.17) is 0 Å². The second kappa shape index (κ2) is 6.55. The van der Waals surface area contributed by atoms with Gasteiger partial charge in [0.05, 0.1) is 0 Å². The Kier molecular flexibility index (Phi) is 5.68. The molecular formula is C15H30N2. The van der Waals surface area contributed by atoms with Crippen LogP contribution in [0.25, 0.3) is 0 Å². The molecule has 1 aliphatic rings. The maximum Gasteiger partial charge on any atom is 0.0202 e. The Balaban J connectivity index is 2.25. The molecule has 0 aromatic heterocycles. The molecule has 1 saturated carbocycles. The van der Waals surface area contributed by atoms with Gasteiger partial charge in [0.25, 0.3) is 0 Å². The van der Waals surface area contributed by atoms with E-state index in [0.29, 0.717) is 0 Å². The maximum absolute atomic E-state index is 4.19. The molecule has 0 saturated heterocycles. The fourth-order valence-corrected chi connectivity index (χ4v) is 2.45. The first kappa shape index (κ1) is 14.7. The Bertz CT molecular complexity index is 234. The summed E-state index contributed by atoms with van der Waals surface area (Å²) in [4.78, 5) is 2.49. The van der Waals surface area contributed by atoms with Gasteiger partial charge in [0.1, 0.15) is 0 Å². The Hall–Kier alpha value is -0.340. The molecule has 0 atom stereocenters. The van der Waals surface area contributed by atoms with Gasteiger partial charge >= 0.3 is 0 Å². The zero-order valence-corrected chi connectivity index (χ0v) is 12.2. The van der Waals surface area contributed by atoms with Crippen molar-refractivity contribution >= 4 is 0 Å². The molecular weight excluding hydrogens is 208 g/mol. The van der Waals surface area contributed by atoms with E-state index < -0.39 is 0 Å². The minimum absolute atomic E-state index is 0.187. The molecule has 0 spiro atoms. The topological polar surface area (TPSA) is 15.3 Å². The molecule has 0 radical (unpaired) electrons. The highest BCUT2D eigenvalue weighted by atomic mass is 15.1. The summed E-state index contributed by atoms with van der Waals surface area (Å²) in [5, 5.41) is 3.50. The summed E-state index contributed by atoms with van der Waals surface area (Å²) >= 11 is 0. The lowest BCUT2D eigenvalue weighted by Crippen LogP contribution is -2.40. The average Bonchev–Trinajstić information content (AvgIpc) is 2.27. The van der Waals surface area contributed by atoms with Crippen molar-refractivity contribution < 1.29 is 0 Å². The average molecular weight is 238 g/mol. The first-order valence-corrected chi connectivity index (χ1v) is 7.00. The largest absolute Gasteiger partial charge is 0.308 e. The van der Waals surface area contributed by atoms with Crippen molar-refractivity contribution in [1.82, 2.24) is 10.2 Å². The minimum Gasteiger partial charge on any atom is -0.308 e. The molecule has 1 N–H and O–H groups in total. The van der Waals surface area contributed by atoms with Gasteiger partial charge in [-0.15, -0.1) is 0 Å². The fraction of sp³-hybridized carbons (Fsp3) is 0.867. The third-order valence-electron chi connectivity index (χ3n) is 3.54. The third kappa shape index (κ3) is 6.23. The van der Waals surface area contributed by atoms with Crippen LogP contribution >= 0.6 is 0 Å². The van der Waals surface area contributed by atoms with Crippen LogP contribution in [0.4, 0.5) is 0 Å². The summed E-state index contributed by atoms with van der Waals surface area (Å²) in [6.07, 6.45) is 6.98. The van der Waals surface area contributed by atoms with Crippen LogP contribution in [0.1, 0.15) is 52.9 Å². The highest BCUT2D eigenvalue weighted by Gasteiger charge is 2.18. The molecule has 0 aliphatic heterocycles. The maximum atomic E-state index is 4.19. The molecule has 0 bridgehead atoms. The molecule has 2 heteroatoms. The van der Waals surface area contributed by atoms with Crippen LogP contribution in [0.2, 0.25) is 0 Å². The predicted molar refractivity (Wildman–Crippen MR) is 76.4 cm³/mol. The molecule has 0 unspecified atom stereocenters. The summed E-state index contributed by atoms with van der Waals surface area (Å²) in [5.74, 6) is 0. The first-order chi connectivity index (χ1) is 7.88. The molecule has 1 rings (SSSR count). The summed E-state index contributed by atoms with van der Waals surface area (Å²) < 4.78 is 0. The lowest BCUT2D eigenvalue weighted by atomic mass is 9.94. The lowest BCUT2D eigenvalue weighted by molar-refractivity contribution is 0.204. The van der Waals surface area contributed by atoms with Crippen molar-refractivity contribution in [2.75, 3.05) is 20.1 Å². The molecule has 0 heterocycles. The van der Waals surface area contributed by atoms with Gasteiger partial charge in [0.15, 0.2) is 0 Å². The first-order valence-electron chi connectivity index (χ1n) is 7.00. The quantitative estimate of drug-likeness (QED) is 0.740. The number of nitrogens with one attached hydrogen (secondary N) is 1. The molecule has 100 valence electrons. The predicted octanol–water partition coefficient (Wildman–Crippen LogP) is 3.20. The Morgan fingerprint density at radius 1 is 1.24 bits per heavy atom. The summed E-state index contributed by atoms with van der Waals surface area (Å²) in [5.41, 5.74) is 1.49. The molecule has 1 aliphatic carbocycles. The summed E-state index contributed by atoms with van der Waals surface area (Å²) in [6, 6.07) is 0.787. The number of hydrogen-bond donors (Lipinski definition) is 1. The molecule has 2 nitrogen and oxygen atoms in total. The SMILES string of the molecule is C=C(CNC(C)(C)C)CN(C)C1CCCCC1. The van der Waals surface area contributed by atoms with Crippen LogP contribution in [0.3, 0.4) is 0 Å². The molecule has 0 aromatic rings. The van der Waals surface area contributed by atoms with Crippen LogP contribution in [-0.4, -0.2) is 36.6 Å². The number of hydrogen-bond acceptors (Lipinski definition) is 2. The van der Waals surface area contributed by atoms with E-state index in [9.17, 15) is 0 Å². The van der Waals surface area contributed by atoms with Crippen LogP contribution in [-0.2, 0) is 0 Å². The van der Waals surface area contributed by atoms with Crippen molar-refractivity contribution in [2.24, 2.45) is 0 Å². The standard InChI is InChI=1S/C15H30N2/c1-13(11-16-15(2,3)4)12-17(5)14-9-7-6-8-10-14/h14,16H,1,6-12H2,2-5H3. The van der Waals surface area contributed by atoms with Gasteiger partial charge < -0.3 is 5.32 Å². The van der Waals surface area contributed by atoms with Crippen molar-refractivity contribution in [3.05, 3.63) is 12.2 Å². The van der Waals surface area contributed by atoms with E-state index in [1.54, 1.807) is 0 Å². The van der Waals surface area contributed by atoms with Gasteiger partial charge in [0.2, 0.25) is 0 Å². The fourth-order valence-electron chi connectivity index (χ4n) is 2.45. The van der Waals surface area contributed by atoms with Crippen molar-refractivity contribution in [2.45, 2.75) is 64.5 Å². The number of rotatable bonds is 5. The number of nitrogens with zero attached hydrogens (tertiary/aromatic N) is 1. The smallest absolute Gasteiger partial charge is 0.0202 e. The summed E-state index contributed by atoms with van der Waals surface area (Å²) in [6.45, 7) is 12.8. The van der Waals surface area contributed by atoms with E-state index in [1.807, 2.05) is 0 Å². The molecule has 0 aromatic carbocycles. The van der Waals surface area contributed by atoms with E-state index in [0.717, 1.165) is 19.1 Å². The second-order valence-corrected chi connectivity index (χ2v) is 6.56. The molecule has 1 fully saturated rings. The van der Waals surface area contributed by atoms with Gasteiger partial charge in [-0.1, -0.05) is 25.8 Å². The summed E-state index contributed by atoms with van der Waals surface area (Å²) in [7, 11) is 2.25. The zero-order valence-electron chi connectivity index (χ0n) is 12.2. The van der Waals surface area contributed by atoms with Crippen LogP contribution in [0, 0.1) is 0 Å². The van der Waals surface area contributed by atoms with Crippen LogP contribution in [0.5, 0.6) is 0 Å². The van der Waals surface area contributed by atoms with E-state index in [1.165, 1.54) is 37.7 Å². The van der Waals surface area contributed by atoms with E-state index >= 15 is 0 Å². The lowest BCUT2D eigenvalue weighted by Gasteiger charge is -2.32. The van der Waals surface area contributed by atoms with Crippen molar-refractivity contribution in [3.63, 3.8) is 0 Å². The van der Waals surface area contributed by atoms with E-state index in [-0.39, 0.29) is 5.54 Å². The van der Waals surface area contributed by atoms with Gasteiger partial charge in [-0.3, -0.25) is 4.90 Å². The zero-order chi connectivity index (χ0) is 12.9. The van der Waals surface area contributed by atoms with Gasteiger partial charge in [-0.2, -0.15) is 0 Å². The van der Waals surface area contributed by atoms with Gasteiger partial charge in [0, 0.05) is 24.7 Å². The Morgan fingerprint density at radius 2 is 1.82 bits per heavy atom. The van der Waals surface area contributed by atoms with Gasteiger partial charge in [-0.05, 0) is 46.2 Å². The second-order valence-electron chi connectivity index (χ2n) is 6.56. The minimum atomic E-state index is 0.187. The molecule has 0 amide bonds. The Labute approximate surface area is 107 Å². The highest BCUT2D eigenvalue weighted by Crippen LogP contribution is 2.21. The normalized spacial score (nSPS) is 18.6. The van der Waals surface area contributed by atoms with Crippen molar-refractivity contribution in [3.8, 4) is 0 Å².